The van der Waals surface area contributed by atoms with E-state index in [0.29, 0.717) is 15.5 Å². The Labute approximate surface area is 143 Å². The van der Waals surface area contributed by atoms with E-state index >= 15 is 0 Å². The van der Waals surface area contributed by atoms with Crippen LogP contribution in [0.5, 0.6) is 5.75 Å². The van der Waals surface area contributed by atoms with E-state index < -0.39 is 12.5 Å². The predicted octanol–water partition coefficient (Wildman–Crippen LogP) is 3.45. The van der Waals surface area contributed by atoms with Crippen LogP contribution in [0.1, 0.15) is 23.1 Å². The molecular formula is C13H13BrF2N4O2S. The highest BCUT2D eigenvalue weighted by molar-refractivity contribution is 9.10. The molecular weight excluding hydrogens is 394 g/mol. The zero-order valence-corrected chi connectivity index (χ0v) is 14.6. The predicted molar refractivity (Wildman–Crippen MR) is 85.6 cm³/mol. The summed E-state index contributed by atoms with van der Waals surface area (Å²) in [5, 5.41) is 8.33. The van der Waals surface area contributed by atoms with Crippen molar-refractivity contribution in [1.82, 2.24) is 14.9 Å². The van der Waals surface area contributed by atoms with Crippen molar-refractivity contribution in [2.24, 2.45) is 0 Å². The smallest absolute Gasteiger partial charge is 0.387 e. The summed E-state index contributed by atoms with van der Waals surface area (Å²) in [4.78, 5) is 12.4. The lowest BCUT2D eigenvalue weighted by molar-refractivity contribution is -0.0501. The van der Waals surface area contributed by atoms with Gasteiger partial charge in [0.25, 0.3) is 5.91 Å². The second-order valence-electron chi connectivity index (χ2n) is 4.26. The molecule has 10 heteroatoms. The topological polar surface area (TPSA) is 69.0 Å². The molecule has 0 saturated heterocycles. The number of thioether (sulfide) groups is 1. The number of carbonyl (C=O) groups is 1. The summed E-state index contributed by atoms with van der Waals surface area (Å²) in [7, 11) is 0. The molecule has 23 heavy (non-hydrogen) atoms. The number of hydrogen-bond donors (Lipinski definition) is 1. The Morgan fingerprint density at radius 1 is 1.48 bits per heavy atom. The number of ether oxygens (including phenoxy) is 1. The van der Waals surface area contributed by atoms with E-state index in [1.165, 1.54) is 34.6 Å². The van der Waals surface area contributed by atoms with Crippen LogP contribution in [0.3, 0.4) is 0 Å². The Bertz CT molecular complexity index is 711. The van der Waals surface area contributed by atoms with Crippen molar-refractivity contribution >= 4 is 33.6 Å². The molecule has 2 aromatic rings. The highest BCUT2D eigenvalue weighted by Gasteiger charge is 2.19. The molecule has 0 bridgehead atoms. The van der Waals surface area contributed by atoms with Crippen molar-refractivity contribution in [1.29, 1.82) is 0 Å². The number of hydrogen-bond acceptors (Lipinski definition) is 5. The van der Waals surface area contributed by atoms with Crippen molar-refractivity contribution in [3.8, 4) is 5.75 Å². The Balaban J connectivity index is 2.31. The molecule has 0 fully saturated rings. The third-order valence-electron chi connectivity index (χ3n) is 2.68. The van der Waals surface area contributed by atoms with Crippen molar-refractivity contribution in [3.63, 3.8) is 0 Å². The van der Waals surface area contributed by atoms with Gasteiger partial charge in [0.15, 0.2) is 0 Å². The minimum Gasteiger partial charge on any atom is -0.434 e. The van der Waals surface area contributed by atoms with Gasteiger partial charge in [-0.3, -0.25) is 10.2 Å². The van der Waals surface area contributed by atoms with Crippen LogP contribution in [0.25, 0.3) is 0 Å². The molecule has 2 rings (SSSR count). The number of carbonyl (C=O) groups excluding carboxylic acids is 1. The molecule has 0 aliphatic heterocycles. The van der Waals surface area contributed by atoms with Crippen LogP contribution in [0.2, 0.25) is 0 Å². The van der Waals surface area contributed by atoms with Gasteiger partial charge in [-0.2, -0.15) is 8.78 Å². The fraction of sp³-hybridized carbons (Fsp3) is 0.308. The molecule has 1 aromatic heterocycles. The molecule has 0 saturated carbocycles. The van der Waals surface area contributed by atoms with Crippen LogP contribution < -0.4 is 10.2 Å². The van der Waals surface area contributed by atoms with E-state index in [0.717, 1.165) is 5.75 Å². The lowest BCUT2D eigenvalue weighted by atomic mass is 10.2. The third-order valence-corrected chi connectivity index (χ3v) is 3.99. The number of amides is 1. The van der Waals surface area contributed by atoms with Gasteiger partial charge < -0.3 is 4.74 Å². The molecule has 124 valence electrons. The molecule has 1 amide bonds. The normalized spacial score (nSPS) is 10.9. The lowest BCUT2D eigenvalue weighted by Crippen LogP contribution is -2.25. The summed E-state index contributed by atoms with van der Waals surface area (Å²) in [6, 6.07) is 4.21. The molecule has 6 nitrogen and oxygen atoms in total. The van der Waals surface area contributed by atoms with E-state index in [4.69, 9.17) is 0 Å². The number of benzene rings is 1. The zero-order valence-electron chi connectivity index (χ0n) is 12.2. The fourth-order valence-corrected chi connectivity index (χ4v) is 2.76. The zero-order chi connectivity index (χ0) is 17.0. The molecule has 0 aliphatic carbocycles. The highest BCUT2D eigenvalue weighted by atomic mass is 79.9. The Hall–Kier alpha value is -1.68. The Morgan fingerprint density at radius 3 is 2.87 bits per heavy atom. The van der Waals surface area contributed by atoms with Crippen molar-refractivity contribution in [2.75, 3.05) is 11.2 Å². The summed E-state index contributed by atoms with van der Waals surface area (Å²) in [5.74, 6) is 0.393. The number of halogens is 3. The molecule has 0 atom stereocenters. The van der Waals surface area contributed by atoms with Gasteiger partial charge in [0.2, 0.25) is 5.16 Å². The maximum Gasteiger partial charge on any atom is 0.387 e. The molecule has 1 heterocycles. The molecule has 0 spiro atoms. The second-order valence-corrected chi connectivity index (χ2v) is 6.40. The second kappa shape index (κ2) is 7.73. The maximum atomic E-state index is 12.5. The summed E-state index contributed by atoms with van der Waals surface area (Å²) in [6.45, 7) is 0.583. The van der Waals surface area contributed by atoms with Gasteiger partial charge in [-0.05, 0) is 30.9 Å². The molecule has 1 aromatic carbocycles. The fourth-order valence-electron chi connectivity index (χ4n) is 1.73. The third kappa shape index (κ3) is 4.41. The van der Waals surface area contributed by atoms with E-state index in [2.05, 4.69) is 36.3 Å². The summed E-state index contributed by atoms with van der Waals surface area (Å²) in [6.07, 6.45) is 0. The average molecular weight is 407 g/mol. The molecule has 0 radical (unpaired) electrons. The molecule has 1 N–H and O–H groups in total. The first-order valence-electron chi connectivity index (χ1n) is 6.53. The van der Waals surface area contributed by atoms with Crippen molar-refractivity contribution in [2.45, 2.75) is 25.6 Å². The minimum atomic E-state index is -3.02. The standard InChI is InChI=1S/C13H13BrF2N4O2S/c1-3-23-13-18-17-7(2)20(13)19-11(21)9-6-8(14)4-5-10(9)22-12(15)16/h4-6,12H,3H2,1-2H3,(H,19,21). The van der Waals surface area contributed by atoms with Gasteiger partial charge >= 0.3 is 6.61 Å². The van der Waals surface area contributed by atoms with Gasteiger partial charge in [-0.15, -0.1) is 10.2 Å². The van der Waals surface area contributed by atoms with Crippen molar-refractivity contribution < 1.29 is 18.3 Å². The van der Waals surface area contributed by atoms with Crippen LogP contribution in [0.15, 0.2) is 27.8 Å². The average Bonchev–Trinajstić information content (AvgIpc) is 2.82. The van der Waals surface area contributed by atoms with Crippen molar-refractivity contribution in [3.05, 3.63) is 34.1 Å². The monoisotopic (exact) mass is 406 g/mol. The van der Waals surface area contributed by atoms with Crippen LogP contribution in [0.4, 0.5) is 8.78 Å². The Morgan fingerprint density at radius 2 is 2.22 bits per heavy atom. The van der Waals surface area contributed by atoms with Crippen LogP contribution in [-0.2, 0) is 0 Å². The van der Waals surface area contributed by atoms with Gasteiger partial charge in [0.05, 0.1) is 5.56 Å². The number of nitrogens with zero attached hydrogens (tertiary/aromatic N) is 3. The number of nitrogens with one attached hydrogen (secondary N) is 1. The summed E-state index contributed by atoms with van der Waals surface area (Å²) >= 11 is 4.60. The van der Waals surface area contributed by atoms with Crippen LogP contribution >= 0.6 is 27.7 Å². The first-order chi connectivity index (χ1) is 10.9. The van der Waals surface area contributed by atoms with Gasteiger partial charge in [0, 0.05) is 4.47 Å². The maximum absolute atomic E-state index is 12.5. The number of aromatic nitrogens is 3. The summed E-state index contributed by atoms with van der Waals surface area (Å²) in [5.41, 5.74) is 2.56. The Kier molecular flexibility index (Phi) is 5.94. The lowest BCUT2D eigenvalue weighted by Gasteiger charge is -2.13. The summed E-state index contributed by atoms with van der Waals surface area (Å²) < 4.78 is 31.3. The molecule has 0 aliphatic rings. The number of aryl methyl sites for hydroxylation is 1. The van der Waals surface area contributed by atoms with E-state index in [1.54, 1.807) is 6.92 Å². The van der Waals surface area contributed by atoms with Gasteiger partial charge in [-0.1, -0.05) is 34.6 Å². The molecule has 0 unspecified atom stereocenters. The quantitative estimate of drug-likeness (QED) is 0.743. The van der Waals surface area contributed by atoms with Gasteiger partial charge in [-0.25, -0.2) is 4.68 Å². The highest BCUT2D eigenvalue weighted by Crippen LogP contribution is 2.25. The number of rotatable bonds is 6. The van der Waals surface area contributed by atoms with E-state index in [-0.39, 0.29) is 11.3 Å². The van der Waals surface area contributed by atoms with Crippen LogP contribution in [-0.4, -0.2) is 33.1 Å². The number of alkyl halides is 2. The van der Waals surface area contributed by atoms with Crippen LogP contribution in [0, 0.1) is 6.92 Å². The minimum absolute atomic E-state index is 0.0276. The SMILES string of the molecule is CCSc1nnc(C)n1NC(=O)c1cc(Br)ccc1OC(F)F. The van der Waals surface area contributed by atoms with Gasteiger partial charge in [0.1, 0.15) is 11.6 Å². The first kappa shape index (κ1) is 17.7. The first-order valence-corrected chi connectivity index (χ1v) is 8.30. The van der Waals surface area contributed by atoms with E-state index in [1.807, 2.05) is 6.92 Å². The largest absolute Gasteiger partial charge is 0.434 e. The van der Waals surface area contributed by atoms with E-state index in [9.17, 15) is 13.6 Å².